The largest absolute Gasteiger partial charge is 0.456 e. The van der Waals surface area contributed by atoms with E-state index >= 15 is 0 Å². The van der Waals surface area contributed by atoms with Gasteiger partial charge in [0.2, 0.25) is 0 Å². The summed E-state index contributed by atoms with van der Waals surface area (Å²) in [6.07, 6.45) is -3.61. The molecule has 1 spiro atoms. The van der Waals surface area contributed by atoms with Crippen LogP contribution in [0.2, 0.25) is 0 Å². The van der Waals surface area contributed by atoms with Gasteiger partial charge in [-0.05, 0) is 26.0 Å². The molecule has 7 nitrogen and oxygen atoms in total. The first-order valence-corrected chi connectivity index (χ1v) is 7.87. The van der Waals surface area contributed by atoms with Crippen molar-refractivity contribution in [1.82, 2.24) is 5.32 Å². The smallest absolute Gasteiger partial charge is 0.338 e. The fourth-order valence-corrected chi connectivity index (χ4v) is 3.34. The lowest BCUT2D eigenvalue weighted by atomic mass is 9.79. The maximum absolute atomic E-state index is 12.4. The van der Waals surface area contributed by atoms with Crippen molar-refractivity contribution in [2.45, 2.75) is 56.3 Å². The highest BCUT2D eigenvalue weighted by Crippen LogP contribution is 2.40. The van der Waals surface area contributed by atoms with Crippen LogP contribution < -0.4 is 5.32 Å². The molecule has 1 heterocycles. The Balaban J connectivity index is 1.80. The maximum Gasteiger partial charge on any atom is 0.338 e. The molecule has 2 fully saturated rings. The van der Waals surface area contributed by atoms with Crippen molar-refractivity contribution in [2.24, 2.45) is 0 Å². The molecular formula is C17H21NO6. The Morgan fingerprint density at radius 1 is 1.25 bits per heavy atom. The van der Waals surface area contributed by atoms with Gasteiger partial charge >= 0.3 is 5.97 Å². The number of aliphatic hydroxyl groups excluding tert-OH is 2. The highest BCUT2D eigenvalue weighted by Gasteiger charge is 2.58. The Bertz CT molecular complexity index is 646. The van der Waals surface area contributed by atoms with Crippen molar-refractivity contribution in [3.05, 3.63) is 35.9 Å². The summed E-state index contributed by atoms with van der Waals surface area (Å²) in [6.45, 7) is 3.39. The van der Waals surface area contributed by atoms with Crippen LogP contribution >= 0.6 is 0 Å². The van der Waals surface area contributed by atoms with Crippen LogP contribution in [0.4, 0.5) is 0 Å². The fourth-order valence-electron chi connectivity index (χ4n) is 3.34. The number of ether oxygens (including phenoxy) is 2. The molecule has 0 radical (unpaired) electrons. The van der Waals surface area contributed by atoms with Crippen LogP contribution in [-0.4, -0.2) is 51.7 Å². The zero-order chi connectivity index (χ0) is 17.5. The van der Waals surface area contributed by atoms with E-state index in [1.165, 1.54) is 0 Å². The minimum Gasteiger partial charge on any atom is -0.456 e. The summed E-state index contributed by atoms with van der Waals surface area (Å²) in [7, 11) is 0. The lowest BCUT2D eigenvalue weighted by Crippen LogP contribution is -2.57. The third kappa shape index (κ3) is 3.02. The molecule has 1 saturated heterocycles. The van der Waals surface area contributed by atoms with Crippen LogP contribution in [0.3, 0.4) is 0 Å². The lowest BCUT2D eigenvalue weighted by Gasteiger charge is -2.41. The topological polar surface area (TPSA) is 105 Å². The van der Waals surface area contributed by atoms with E-state index < -0.39 is 35.6 Å². The predicted molar refractivity (Wildman–Crippen MR) is 82.9 cm³/mol. The third-order valence-electron chi connectivity index (χ3n) is 4.39. The third-order valence-corrected chi connectivity index (χ3v) is 4.39. The van der Waals surface area contributed by atoms with Gasteiger partial charge in [-0.2, -0.15) is 0 Å². The van der Waals surface area contributed by atoms with E-state index in [2.05, 4.69) is 5.32 Å². The van der Waals surface area contributed by atoms with Gasteiger partial charge < -0.3 is 25.0 Å². The van der Waals surface area contributed by atoms with Crippen molar-refractivity contribution >= 4 is 11.9 Å². The molecule has 1 aromatic rings. The first-order valence-electron chi connectivity index (χ1n) is 7.87. The summed E-state index contributed by atoms with van der Waals surface area (Å²) >= 11 is 0. The zero-order valence-electron chi connectivity index (χ0n) is 13.6. The summed E-state index contributed by atoms with van der Waals surface area (Å²) < 4.78 is 11.2. The molecule has 1 saturated carbocycles. The molecule has 4 atom stereocenters. The van der Waals surface area contributed by atoms with Crippen molar-refractivity contribution in [3.8, 4) is 0 Å². The first-order chi connectivity index (χ1) is 11.2. The van der Waals surface area contributed by atoms with E-state index in [0.29, 0.717) is 5.56 Å². The standard InChI is InChI=1S/C17H21NO6/c1-16(2)18-15(22)17(24-16)8-11(19)13(20)12(9-17)23-14(21)10-6-4-3-5-7-10/h3-7,11-13,19-20H,8-9H2,1-2H3,(H,18,22)/t11-,12-,13-,17+/m1/s1. The Morgan fingerprint density at radius 3 is 2.50 bits per heavy atom. The molecule has 0 bridgehead atoms. The minimum atomic E-state index is -1.32. The molecule has 24 heavy (non-hydrogen) atoms. The number of esters is 1. The number of rotatable bonds is 2. The second-order valence-corrected chi connectivity index (χ2v) is 6.84. The van der Waals surface area contributed by atoms with Crippen molar-refractivity contribution in [3.63, 3.8) is 0 Å². The number of aliphatic hydroxyl groups is 2. The van der Waals surface area contributed by atoms with Gasteiger partial charge in [-0.1, -0.05) is 18.2 Å². The van der Waals surface area contributed by atoms with Gasteiger partial charge in [-0.3, -0.25) is 4.79 Å². The number of hydrogen-bond donors (Lipinski definition) is 3. The van der Waals surface area contributed by atoms with Crippen LogP contribution in [-0.2, 0) is 14.3 Å². The Hall–Kier alpha value is -1.96. The average molecular weight is 335 g/mol. The molecule has 0 unspecified atom stereocenters. The van der Waals surface area contributed by atoms with Crippen LogP contribution in [0.5, 0.6) is 0 Å². The highest BCUT2D eigenvalue weighted by atomic mass is 16.6. The average Bonchev–Trinajstić information content (AvgIpc) is 2.73. The normalized spacial score (nSPS) is 34.8. The van der Waals surface area contributed by atoms with Crippen LogP contribution in [0.15, 0.2) is 30.3 Å². The number of carbonyl (C=O) groups excluding carboxylic acids is 2. The molecule has 1 aromatic carbocycles. The first kappa shape index (κ1) is 16.9. The molecule has 7 heteroatoms. The summed E-state index contributed by atoms with van der Waals surface area (Å²) in [4.78, 5) is 24.6. The second-order valence-electron chi connectivity index (χ2n) is 6.84. The summed E-state index contributed by atoms with van der Waals surface area (Å²) in [5, 5.41) is 23.0. The quantitative estimate of drug-likeness (QED) is 0.674. The van der Waals surface area contributed by atoms with Gasteiger partial charge in [0, 0.05) is 12.8 Å². The van der Waals surface area contributed by atoms with E-state index in [9.17, 15) is 19.8 Å². The molecule has 0 aromatic heterocycles. The molecule has 2 aliphatic rings. The molecular weight excluding hydrogens is 314 g/mol. The summed E-state index contributed by atoms with van der Waals surface area (Å²) in [5.74, 6) is -0.999. The minimum absolute atomic E-state index is 0.0148. The molecule has 1 aliphatic carbocycles. The van der Waals surface area contributed by atoms with Crippen molar-refractivity contribution in [1.29, 1.82) is 0 Å². The predicted octanol–water partition coefficient (Wildman–Crippen LogP) is 0.349. The van der Waals surface area contributed by atoms with Gasteiger partial charge in [0.15, 0.2) is 5.60 Å². The monoisotopic (exact) mass is 335 g/mol. The molecule has 1 amide bonds. The maximum atomic E-state index is 12.4. The number of nitrogens with one attached hydrogen (secondary N) is 1. The SMILES string of the molecule is CC1(C)NC(=O)[C@@]2(C[C@@H](O)[C@@H](O)[C@H](OC(=O)c3ccccc3)C2)O1. The molecule has 3 N–H and O–H groups in total. The number of carbonyl (C=O) groups is 2. The number of amides is 1. The van der Waals surface area contributed by atoms with Gasteiger partial charge in [0.1, 0.15) is 17.9 Å². The van der Waals surface area contributed by atoms with Gasteiger partial charge in [0.05, 0.1) is 11.7 Å². The van der Waals surface area contributed by atoms with E-state index in [1.54, 1.807) is 44.2 Å². The number of hydrogen-bond acceptors (Lipinski definition) is 6. The van der Waals surface area contributed by atoms with E-state index in [-0.39, 0.29) is 18.7 Å². The molecule has 130 valence electrons. The Morgan fingerprint density at radius 2 is 1.92 bits per heavy atom. The fraction of sp³-hybridized carbons (Fsp3) is 0.529. The van der Waals surface area contributed by atoms with Crippen LogP contribution in [0, 0.1) is 0 Å². The number of benzene rings is 1. The molecule has 3 rings (SSSR count). The second kappa shape index (κ2) is 5.84. The van der Waals surface area contributed by atoms with Crippen LogP contribution in [0.1, 0.15) is 37.0 Å². The molecule has 1 aliphatic heterocycles. The lowest BCUT2D eigenvalue weighted by molar-refractivity contribution is -0.188. The van der Waals surface area contributed by atoms with E-state index in [4.69, 9.17) is 9.47 Å². The van der Waals surface area contributed by atoms with Crippen molar-refractivity contribution < 1.29 is 29.3 Å². The summed E-state index contributed by atoms with van der Waals surface area (Å²) in [5.41, 5.74) is -1.87. The summed E-state index contributed by atoms with van der Waals surface area (Å²) in [6, 6.07) is 8.33. The highest BCUT2D eigenvalue weighted by molar-refractivity contribution is 5.90. The van der Waals surface area contributed by atoms with Crippen LogP contribution in [0.25, 0.3) is 0 Å². The van der Waals surface area contributed by atoms with Gasteiger partial charge in [0.25, 0.3) is 5.91 Å². The van der Waals surface area contributed by atoms with Crippen molar-refractivity contribution in [2.75, 3.05) is 0 Å². The van der Waals surface area contributed by atoms with E-state index in [0.717, 1.165) is 0 Å². The Labute approximate surface area is 139 Å². The van der Waals surface area contributed by atoms with Gasteiger partial charge in [-0.25, -0.2) is 4.79 Å². The Kier molecular flexibility index (Phi) is 4.11. The zero-order valence-corrected chi connectivity index (χ0v) is 13.6. The van der Waals surface area contributed by atoms with E-state index in [1.807, 2.05) is 0 Å². The van der Waals surface area contributed by atoms with Gasteiger partial charge in [-0.15, -0.1) is 0 Å².